The lowest BCUT2D eigenvalue weighted by atomic mass is 9.93. The van der Waals surface area contributed by atoms with Gasteiger partial charge in [-0.2, -0.15) is 0 Å². The van der Waals surface area contributed by atoms with Crippen LogP contribution in [0.15, 0.2) is 48.8 Å². The van der Waals surface area contributed by atoms with Crippen LogP contribution in [0.3, 0.4) is 0 Å². The zero-order valence-electron chi connectivity index (χ0n) is 11.9. The molecule has 6 heteroatoms. The van der Waals surface area contributed by atoms with Gasteiger partial charge in [-0.25, -0.2) is 9.18 Å². The lowest BCUT2D eigenvalue weighted by molar-refractivity contribution is -0.131. The fourth-order valence-electron chi connectivity index (χ4n) is 2.52. The van der Waals surface area contributed by atoms with E-state index in [0.29, 0.717) is 11.1 Å². The van der Waals surface area contributed by atoms with Gasteiger partial charge in [0.2, 0.25) is 0 Å². The van der Waals surface area contributed by atoms with E-state index >= 15 is 0 Å². The van der Waals surface area contributed by atoms with Crippen LogP contribution in [0.2, 0.25) is 0 Å². The number of rotatable bonds is 3. The first-order chi connectivity index (χ1) is 10.5. The number of hydrogen-bond acceptors (Lipinski definition) is 3. The first kappa shape index (κ1) is 14.2. The third-order valence-corrected chi connectivity index (χ3v) is 3.82. The van der Waals surface area contributed by atoms with Crippen molar-refractivity contribution in [3.63, 3.8) is 0 Å². The van der Waals surface area contributed by atoms with Gasteiger partial charge in [0.25, 0.3) is 5.91 Å². The summed E-state index contributed by atoms with van der Waals surface area (Å²) in [5.74, 6) is -0.854. The van der Waals surface area contributed by atoms with Gasteiger partial charge in [0.1, 0.15) is 11.4 Å². The third-order valence-electron chi connectivity index (χ3n) is 3.82. The molecule has 2 aromatic rings. The second kappa shape index (κ2) is 5.22. The third kappa shape index (κ3) is 2.22. The van der Waals surface area contributed by atoms with Gasteiger partial charge in [-0.15, -0.1) is 0 Å². The summed E-state index contributed by atoms with van der Waals surface area (Å²) in [6.07, 6.45) is 3.11. The van der Waals surface area contributed by atoms with Crippen molar-refractivity contribution in [3.05, 3.63) is 65.7 Å². The highest BCUT2D eigenvalue weighted by atomic mass is 19.1. The fraction of sp³-hybridized carbons (Fsp3) is 0.188. The normalized spacial score (nSPS) is 21.1. The SMILES string of the molecule is C[C@]1(c2ccncc2)NC(=O)N(Cc2ccccc2F)C1=O. The van der Waals surface area contributed by atoms with E-state index in [-0.39, 0.29) is 6.54 Å². The summed E-state index contributed by atoms with van der Waals surface area (Å²) in [4.78, 5) is 29.7. The molecule has 1 saturated heterocycles. The van der Waals surface area contributed by atoms with E-state index in [4.69, 9.17) is 0 Å². The number of halogens is 1. The van der Waals surface area contributed by atoms with Crippen LogP contribution in [-0.4, -0.2) is 21.8 Å². The number of pyridine rings is 1. The monoisotopic (exact) mass is 299 g/mol. The Bertz CT molecular complexity index is 735. The molecule has 3 amide bonds. The van der Waals surface area contributed by atoms with Crippen LogP contribution in [0.4, 0.5) is 9.18 Å². The van der Waals surface area contributed by atoms with Gasteiger partial charge in [0, 0.05) is 18.0 Å². The Balaban J connectivity index is 1.91. The van der Waals surface area contributed by atoms with Gasteiger partial charge in [-0.3, -0.25) is 14.7 Å². The maximum atomic E-state index is 13.7. The number of imide groups is 1. The van der Waals surface area contributed by atoms with Crippen molar-refractivity contribution < 1.29 is 14.0 Å². The molecule has 0 saturated carbocycles. The lowest BCUT2D eigenvalue weighted by Gasteiger charge is -2.22. The van der Waals surface area contributed by atoms with Gasteiger partial charge in [0.05, 0.1) is 6.54 Å². The van der Waals surface area contributed by atoms with E-state index in [1.807, 2.05) is 0 Å². The van der Waals surface area contributed by atoms with E-state index in [1.54, 1.807) is 49.6 Å². The molecule has 1 aromatic carbocycles. The maximum Gasteiger partial charge on any atom is 0.325 e. The number of hydrogen-bond donors (Lipinski definition) is 1. The highest BCUT2D eigenvalue weighted by Gasteiger charge is 2.48. The topological polar surface area (TPSA) is 62.3 Å². The van der Waals surface area contributed by atoms with E-state index in [0.717, 1.165) is 4.90 Å². The standard InChI is InChI=1S/C16H14FN3O2/c1-16(12-6-8-18-9-7-12)14(21)20(15(22)19-16)10-11-4-2-3-5-13(11)17/h2-9H,10H2,1H3,(H,19,22)/t16-/m1/s1. The first-order valence-electron chi connectivity index (χ1n) is 6.80. The molecule has 112 valence electrons. The van der Waals surface area contributed by atoms with Crippen molar-refractivity contribution in [2.75, 3.05) is 0 Å². The quantitative estimate of drug-likeness (QED) is 0.884. The van der Waals surface area contributed by atoms with Gasteiger partial charge in [0.15, 0.2) is 0 Å². The zero-order chi connectivity index (χ0) is 15.7. The summed E-state index contributed by atoms with van der Waals surface area (Å²) in [6.45, 7) is 1.53. The summed E-state index contributed by atoms with van der Waals surface area (Å²) in [7, 11) is 0. The Labute approximate surface area is 126 Å². The molecule has 1 N–H and O–H groups in total. The predicted octanol–water partition coefficient (Wildman–Crippen LogP) is 2.19. The van der Waals surface area contributed by atoms with E-state index < -0.39 is 23.3 Å². The summed E-state index contributed by atoms with van der Waals surface area (Å²) in [5.41, 5.74) is -0.229. The van der Waals surface area contributed by atoms with E-state index in [1.165, 1.54) is 6.07 Å². The number of aromatic nitrogens is 1. The molecule has 1 atom stereocenters. The molecule has 0 spiro atoms. The molecule has 1 fully saturated rings. The van der Waals surface area contributed by atoms with Crippen molar-refractivity contribution in [2.24, 2.45) is 0 Å². The Hall–Kier alpha value is -2.76. The molecule has 3 rings (SSSR count). The summed E-state index contributed by atoms with van der Waals surface area (Å²) in [6, 6.07) is 8.89. The number of nitrogens with one attached hydrogen (secondary N) is 1. The van der Waals surface area contributed by atoms with Crippen LogP contribution in [0.5, 0.6) is 0 Å². The zero-order valence-corrected chi connectivity index (χ0v) is 11.9. The average molecular weight is 299 g/mol. The van der Waals surface area contributed by atoms with Crippen molar-refractivity contribution in [3.8, 4) is 0 Å². The number of nitrogens with zero attached hydrogens (tertiary/aromatic N) is 2. The second-order valence-electron chi connectivity index (χ2n) is 5.27. The lowest BCUT2D eigenvalue weighted by Crippen LogP contribution is -2.40. The van der Waals surface area contributed by atoms with Crippen LogP contribution in [0.25, 0.3) is 0 Å². The van der Waals surface area contributed by atoms with Crippen LogP contribution >= 0.6 is 0 Å². The van der Waals surface area contributed by atoms with Crippen molar-refractivity contribution in [1.29, 1.82) is 0 Å². The van der Waals surface area contributed by atoms with Crippen LogP contribution in [0.1, 0.15) is 18.1 Å². The van der Waals surface area contributed by atoms with Crippen molar-refractivity contribution in [2.45, 2.75) is 19.0 Å². The molecule has 1 aromatic heterocycles. The Morgan fingerprint density at radius 3 is 2.55 bits per heavy atom. The Morgan fingerprint density at radius 2 is 1.86 bits per heavy atom. The molecular weight excluding hydrogens is 285 g/mol. The minimum atomic E-state index is -1.16. The summed E-state index contributed by atoms with van der Waals surface area (Å²) >= 11 is 0. The smallest absolute Gasteiger partial charge is 0.319 e. The Morgan fingerprint density at radius 1 is 1.18 bits per heavy atom. The molecule has 0 radical (unpaired) electrons. The number of amides is 3. The number of carbonyl (C=O) groups excluding carboxylic acids is 2. The Kier molecular flexibility index (Phi) is 3.36. The molecule has 1 aliphatic rings. The van der Waals surface area contributed by atoms with Gasteiger partial charge >= 0.3 is 6.03 Å². The van der Waals surface area contributed by atoms with Crippen molar-refractivity contribution >= 4 is 11.9 Å². The van der Waals surface area contributed by atoms with Crippen LogP contribution in [-0.2, 0) is 16.9 Å². The van der Waals surface area contributed by atoms with Gasteiger partial charge < -0.3 is 5.32 Å². The number of benzene rings is 1. The van der Waals surface area contributed by atoms with Gasteiger partial charge in [-0.1, -0.05) is 18.2 Å². The molecule has 0 unspecified atom stereocenters. The van der Waals surface area contributed by atoms with E-state index in [9.17, 15) is 14.0 Å². The molecule has 22 heavy (non-hydrogen) atoms. The second-order valence-corrected chi connectivity index (χ2v) is 5.27. The summed E-state index contributed by atoms with van der Waals surface area (Å²) in [5, 5.41) is 2.67. The molecule has 0 bridgehead atoms. The molecule has 1 aliphatic heterocycles. The maximum absolute atomic E-state index is 13.7. The minimum Gasteiger partial charge on any atom is -0.319 e. The van der Waals surface area contributed by atoms with E-state index in [2.05, 4.69) is 10.3 Å². The fourth-order valence-corrected chi connectivity index (χ4v) is 2.52. The van der Waals surface area contributed by atoms with Gasteiger partial charge in [-0.05, 0) is 30.7 Å². The predicted molar refractivity (Wildman–Crippen MR) is 77.1 cm³/mol. The molecular formula is C16H14FN3O2. The summed E-state index contributed by atoms with van der Waals surface area (Å²) < 4.78 is 13.7. The number of carbonyl (C=O) groups is 2. The highest BCUT2D eigenvalue weighted by Crippen LogP contribution is 2.29. The molecule has 0 aliphatic carbocycles. The first-order valence-corrected chi connectivity index (χ1v) is 6.80. The minimum absolute atomic E-state index is 0.0992. The molecule has 5 nitrogen and oxygen atoms in total. The van der Waals surface area contributed by atoms with Crippen molar-refractivity contribution in [1.82, 2.24) is 15.2 Å². The van der Waals surface area contributed by atoms with Crippen LogP contribution < -0.4 is 5.32 Å². The highest BCUT2D eigenvalue weighted by molar-refractivity contribution is 6.07. The molecule has 2 heterocycles. The number of urea groups is 1. The average Bonchev–Trinajstić information content (AvgIpc) is 2.75. The largest absolute Gasteiger partial charge is 0.325 e. The van der Waals surface area contributed by atoms with Crippen LogP contribution in [0, 0.1) is 5.82 Å².